The summed E-state index contributed by atoms with van der Waals surface area (Å²) in [5, 5.41) is 0. The fourth-order valence-corrected chi connectivity index (χ4v) is 2.71. The highest BCUT2D eigenvalue weighted by Gasteiger charge is 2.45. The third kappa shape index (κ3) is 7.08. The highest BCUT2D eigenvalue weighted by Crippen LogP contribution is 2.31. The van der Waals surface area contributed by atoms with E-state index in [1.807, 2.05) is 34.6 Å². The SMILES string of the molecule is CCCCOCCCC[C@H]1COC(C)(C)N1C(=O)OC(C)(C)C. The van der Waals surface area contributed by atoms with Gasteiger partial charge >= 0.3 is 6.09 Å². The normalized spacial score (nSPS) is 20.8. The molecule has 136 valence electrons. The lowest BCUT2D eigenvalue weighted by atomic mass is 10.1. The predicted octanol–water partition coefficient (Wildman–Crippen LogP) is 4.35. The van der Waals surface area contributed by atoms with Crippen LogP contribution in [0.3, 0.4) is 0 Å². The quantitative estimate of drug-likeness (QED) is 0.621. The summed E-state index contributed by atoms with van der Waals surface area (Å²) < 4.78 is 16.9. The van der Waals surface area contributed by atoms with Crippen molar-refractivity contribution in [2.75, 3.05) is 19.8 Å². The molecule has 0 aromatic carbocycles. The molecule has 1 aliphatic heterocycles. The second-order valence-electron chi connectivity index (χ2n) is 7.72. The topological polar surface area (TPSA) is 48.0 Å². The number of hydrogen-bond donors (Lipinski definition) is 0. The summed E-state index contributed by atoms with van der Waals surface area (Å²) in [6, 6.07) is 0.0792. The third-order valence-electron chi connectivity index (χ3n) is 3.88. The minimum absolute atomic E-state index is 0.0792. The highest BCUT2D eigenvalue weighted by molar-refractivity contribution is 5.69. The van der Waals surface area contributed by atoms with Crippen LogP contribution >= 0.6 is 0 Å². The van der Waals surface area contributed by atoms with Crippen LogP contribution in [0.4, 0.5) is 4.79 Å². The Labute approximate surface area is 141 Å². The molecule has 5 heteroatoms. The first kappa shape index (κ1) is 20.2. The summed E-state index contributed by atoms with van der Waals surface area (Å²) in [5.41, 5.74) is -1.10. The van der Waals surface area contributed by atoms with Crippen molar-refractivity contribution in [2.24, 2.45) is 0 Å². The Bertz CT molecular complexity index is 363. The zero-order chi connectivity index (χ0) is 17.5. The van der Waals surface area contributed by atoms with E-state index in [0.29, 0.717) is 6.61 Å². The van der Waals surface area contributed by atoms with Gasteiger partial charge < -0.3 is 14.2 Å². The minimum atomic E-state index is -0.607. The van der Waals surface area contributed by atoms with Crippen LogP contribution in [0.1, 0.15) is 73.6 Å². The van der Waals surface area contributed by atoms with Crippen molar-refractivity contribution in [3.8, 4) is 0 Å². The molecule has 1 heterocycles. The van der Waals surface area contributed by atoms with Crippen LogP contribution in [-0.4, -0.2) is 48.2 Å². The van der Waals surface area contributed by atoms with Gasteiger partial charge in [-0.2, -0.15) is 0 Å². The molecule has 1 amide bonds. The Hall–Kier alpha value is -0.810. The van der Waals surface area contributed by atoms with E-state index < -0.39 is 11.3 Å². The Morgan fingerprint density at radius 2 is 1.87 bits per heavy atom. The number of amides is 1. The van der Waals surface area contributed by atoms with Crippen LogP contribution in [-0.2, 0) is 14.2 Å². The summed E-state index contributed by atoms with van der Waals surface area (Å²) in [6.07, 6.45) is 4.96. The van der Waals surface area contributed by atoms with Crippen molar-refractivity contribution in [3.05, 3.63) is 0 Å². The van der Waals surface area contributed by atoms with E-state index in [1.165, 1.54) is 6.42 Å². The molecule has 0 bridgehead atoms. The van der Waals surface area contributed by atoms with Crippen LogP contribution in [0.5, 0.6) is 0 Å². The molecule has 0 aliphatic carbocycles. The van der Waals surface area contributed by atoms with Gasteiger partial charge in [-0.1, -0.05) is 13.3 Å². The van der Waals surface area contributed by atoms with Gasteiger partial charge in [0.25, 0.3) is 0 Å². The monoisotopic (exact) mass is 329 g/mol. The standard InChI is InChI=1S/C18H35NO4/c1-7-8-12-21-13-10-9-11-15-14-22-18(5,6)19(15)16(20)23-17(2,3)4/h15H,7-14H2,1-6H3/t15-/m0/s1. The summed E-state index contributed by atoms with van der Waals surface area (Å²) in [4.78, 5) is 14.3. The lowest BCUT2D eigenvalue weighted by molar-refractivity contribution is -0.0627. The molecule has 1 aliphatic rings. The van der Waals surface area contributed by atoms with E-state index in [1.54, 1.807) is 4.90 Å². The zero-order valence-electron chi connectivity index (χ0n) is 15.8. The number of rotatable bonds is 8. The van der Waals surface area contributed by atoms with Crippen molar-refractivity contribution < 1.29 is 19.0 Å². The van der Waals surface area contributed by atoms with Gasteiger partial charge in [0.15, 0.2) is 0 Å². The summed E-state index contributed by atoms with van der Waals surface area (Å²) in [6.45, 7) is 13.9. The largest absolute Gasteiger partial charge is 0.444 e. The maximum Gasteiger partial charge on any atom is 0.412 e. The predicted molar refractivity (Wildman–Crippen MR) is 91.5 cm³/mol. The smallest absolute Gasteiger partial charge is 0.412 e. The molecular formula is C18H35NO4. The van der Waals surface area contributed by atoms with Gasteiger partial charge in [0.2, 0.25) is 0 Å². The molecule has 1 atom stereocenters. The first-order chi connectivity index (χ1) is 10.7. The molecule has 0 spiro atoms. The van der Waals surface area contributed by atoms with E-state index in [4.69, 9.17) is 14.2 Å². The third-order valence-corrected chi connectivity index (χ3v) is 3.88. The van der Waals surface area contributed by atoms with Gasteiger partial charge in [0.1, 0.15) is 11.3 Å². The maximum atomic E-state index is 12.5. The Morgan fingerprint density at radius 3 is 2.48 bits per heavy atom. The van der Waals surface area contributed by atoms with Crippen LogP contribution in [0, 0.1) is 0 Å². The van der Waals surface area contributed by atoms with E-state index in [9.17, 15) is 4.79 Å². The Balaban J connectivity index is 2.42. The molecule has 0 aromatic heterocycles. The number of unbranched alkanes of at least 4 members (excludes halogenated alkanes) is 2. The molecule has 0 aromatic rings. The number of carbonyl (C=O) groups excluding carboxylic acids is 1. The molecule has 1 rings (SSSR count). The lowest BCUT2D eigenvalue weighted by Gasteiger charge is -2.35. The van der Waals surface area contributed by atoms with E-state index in [0.717, 1.165) is 38.9 Å². The van der Waals surface area contributed by atoms with E-state index in [2.05, 4.69) is 6.92 Å². The molecule has 0 unspecified atom stereocenters. The molecule has 5 nitrogen and oxygen atoms in total. The molecule has 1 fully saturated rings. The van der Waals surface area contributed by atoms with Crippen molar-refractivity contribution in [1.82, 2.24) is 4.90 Å². The second-order valence-corrected chi connectivity index (χ2v) is 7.72. The van der Waals surface area contributed by atoms with Gasteiger partial charge in [-0.25, -0.2) is 4.79 Å². The molecular weight excluding hydrogens is 294 g/mol. The van der Waals surface area contributed by atoms with Gasteiger partial charge in [-0.05, 0) is 60.3 Å². The first-order valence-corrected chi connectivity index (χ1v) is 8.91. The Kier molecular flexibility index (Phi) is 7.81. The number of hydrogen-bond acceptors (Lipinski definition) is 4. The minimum Gasteiger partial charge on any atom is -0.444 e. The maximum absolute atomic E-state index is 12.5. The molecule has 0 N–H and O–H groups in total. The number of carbonyl (C=O) groups is 1. The van der Waals surface area contributed by atoms with Crippen molar-refractivity contribution in [1.29, 1.82) is 0 Å². The van der Waals surface area contributed by atoms with Crippen molar-refractivity contribution in [2.45, 2.75) is 91.0 Å². The molecule has 1 saturated heterocycles. The second kappa shape index (κ2) is 8.88. The summed E-state index contributed by atoms with van der Waals surface area (Å²) in [5.74, 6) is 0. The number of ether oxygens (including phenoxy) is 3. The summed E-state index contributed by atoms with van der Waals surface area (Å²) >= 11 is 0. The molecule has 23 heavy (non-hydrogen) atoms. The van der Waals surface area contributed by atoms with Gasteiger partial charge in [0, 0.05) is 13.2 Å². The fraction of sp³-hybridized carbons (Fsp3) is 0.944. The van der Waals surface area contributed by atoms with Crippen molar-refractivity contribution in [3.63, 3.8) is 0 Å². The first-order valence-electron chi connectivity index (χ1n) is 8.91. The highest BCUT2D eigenvalue weighted by atomic mass is 16.6. The molecule has 0 radical (unpaired) electrons. The fourth-order valence-electron chi connectivity index (χ4n) is 2.71. The Morgan fingerprint density at radius 1 is 1.22 bits per heavy atom. The van der Waals surface area contributed by atoms with Gasteiger partial charge in [-0.3, -0.25) is 4.90 Å². The average Bonchev–Trinajstić information content (AvgIpc) is 2.71. The van der Waals surface area contributed by atoms with Gasteiger partial charge in [0.05, 0.1) is 12.6 Å². The van der Waals surface area contributed by atoms with E-state index in [-0.39, 0.29) is 12.1 Å². The summed E-state index contributed by atoms with van der Waals surface area (Å²) in [7, 11) is 0. The van der Waals surface area contributed by atoms with Crippen LogP contribution in [0.15, 0.2) is 0 Å². The van der Waals surface area contributed by atoms with Gasteiger partial charge in [-0.15, -0.1) is 0 Å². The number of nitrogens with zero attached hydrogens (tertiary/aromatic N) is 1. The lowest BCUT2D eigenvalue weighted by Crippen LogP contribution is -2.49. The molecule has 0 saturated carbocycles. The van der Waals surface area contributed by atoms with Crippen LogP contribution in [0.2, 0.25) is 0 Å². The van der Waals surface area contributed by atoms with E-state index >= 15 is 0 Å². The van der Waals surface area contributed by atoms with Crippen LogP contribution < -0.4 is 0 Å². The van der Waals surface area contributed by atoms with Crippen LogP contribution in [0.25, 0.3) is 0 Å². The average molecular weight is 329 g/mol. The zero-order valence-corrected chi connectivity index (χ0v) is 15.8. The van der Waals surface area contributed by atoms with Crippen molar-refractivity contribution >= 4 is 6.09 Å².